The molecule has 0 aliphatic rings. The summed E-state index contributed by atoms with van der Waals surface area (Å²) in [5.74, 6) is 0.486. The molecule has 0 saturated heterocycles. The molecule has 2 amide bonds. The number of benzene rings is 2. The Bertz CT molecular complexity index is 1320. The number of ether oxygens (including phenoxy) is 2. The van der Waals surface area contributed by atoms with E-state index in [1.807, 2.05) is 54.3 Å². The average molecular weight is 630 g/mol. The van der Waals surface area contributed by atoms with Gasteiger partial charge in [0.15, 0.2) is 12.4 Å². The molecule has 1 aromatic heterocycles. The highest BCUT2D eigenvalue weighted by Gasteiger charge is 2.26. The number of rotatable bonds is 19. The highest BCUT2D eigenvalue weighted by atomic mass is 16.6. The molecule has 3 rings (SSSR count). The Morgan fingerprint density at radius 2 is 1.33 bits per heavy atom. The number of carbonyl (C=O) groups is 2. The van der Waals surface area contributed by atoms with Crippen molar-refractivity contribution in [1.29, 1.82) is 0 Å². The van der Waals surface area contributed by atoms with Gasteiger partial charge in [0.2, 0.25) is 0 Å². The van der Waals surface area contributed by atoms with E-state index in [1.54, 1.807) is 24.3 Å². The van der Waals surface area contributed by atoms with Gasteiger partial charge in [-0.3, -0.25) is 4.79 Å². The van der Waals surface area contributed by atoms with Gasteiger partial charge in [-0.15, -0.1) is 0 Å². The molecule has 0 aliphatic carbocycles. The van der Waals surface area contributed by atoms with Crippen molar-refractivity contribution in [2.24, 2.45) is 7.05 Å². The van der Waals surface area contributed by atoms with Gasteiger partial charge in [-0.05, 0) is 52.8 Å². The minimum Gasteiger partial charge on any atom is -0.493 e. The summed E-state index contributed by atoms with van der Waals surface area (Å²) < 4.78 is 13.9. The first kappa shape index (κ1) is 36.8. The lowest BCUT2D eigenvalue weighted by molar-refractivity contribution is -0.671. The Labute approximate surface area is 278 Å². The highest BCUT2D eigenvalue weighted by molar-refractivity contribution is 6.02. The van der Waals surface area contributed by atoms with E-state index in [2.05, 4.69) is 33.8 Å². The number of pyridine rings is 1. The molecule has 6 nitrogen and oxygen atoms in total. The molecular weight excluding hydrogens is 572 g/mol. The van der Waals surface area contributed by atoms with E-state index >= 15 is 0 Å². The van der Waals surface area contributed by atoms with E-state index in [1.165, 1.54) is 75.5 Å². The van der Waals surface area contributed by atoms with Crippen molar-refractivity contribution in [3.05, 3.63) is 95.3 Å². The molecule has 0 atom stereocenters. The maximum absolute atomic E-state index is 13.4. The number of hydrogen-bond acceptors (Lipinski definition) is 4. The molecule has 250 valence electrons. The van der Waals surface area contributed by atoms with E-state index in [4.69, 9.17) is 9.47 Å². The second kappa shape index (κ2) is 19.8. The third kappa shape index (κ3) is 13.0. The summed E-state index contributed by atoms with van der Waals surface area (Å²) in [6.45, 7) is 9.63. The van der Waals surface area contributed by atoms with Crippen LogP contribution in [0.5, 0.6) is 5.75 Å². The quantitative estimate of drug-likeness (QED) is 0.0978. The van der Waals surface area contributed by atoms with Crippen LogP contribution in [-0.4, -0.2) is 23.5 Å². The van der Waals surface area contributed by atoms with Gasteiger partial charge in [0.05, 0.1) is 13.2 Å². The zero-order valence-electron chi connectivity index (χ0n) is 29.1. The number of unbranched alkanes of at least 4 members (excludes halogenated alkanes) is 11. The Kier molecular flexibility index (Phi) is 15.8. The number of nitrogens with zero attached hydrogens (tertiary/aromatic N) is 2. The predicted molar refractivity (Wildman–Crippen MR) is 186 cm³/mol. The molecule has 0 spiro atoms. The fraction of sp³-hybridized carbons (Fsp3) is 0.525. The first-order valence-corrected chi connectivity index (χ1v) is 17.4. The fourth-order valence-electron chi connectivity index (χ4n) is 5.50. The smallest absolute Gasteiger partial charge is 0.417 e. The van der Waals surface area contributed by atoms with Gasteiger partial charge in [-0.2, -0.15) is 0 Å². The van der Waals surface area contributed by atoms with Crippen molar-refractivity contribution in [3.63, 3.8) is 0 Å². The highest BCUT2D eigenvalue weighted by Crippen LogP contribution is 2.33. The predicted octanol–water partition coefficient (Wildman–Crippen LogP) is 9.87. The van der Waals surface area contributed by atoms with Crippen LogP contribution >= 0.6 is 0 Å². The molecule has 0 unspecified atom stereocenters. The SMILES string of the molecule is CCCCCCCCCCCCCCOc1ccc(COC(=O)N(Cc2cc[n+](C)cc2)C(=O)c2ccccc2)cc1C(C)(C)C. The molecule has 46 heavy (non-hydrogen) atoms. The Morgan fingerprint density at radius 1 is 0.739 bits per heavy atom. The van der Waals surface area contributed by atoms with Crippen molar-refractivity contribution in [3.8, 4) is 5.75 Å². The van der Waals surface area contributed by atoms with Crippen LogP contribution in [0, 0.1) is 0 Å². The molecule has 3 aromatic rings. The molecule has 1 heterocycles. The van der Waals surface area contributed by atoms with E-state index in [0.29, 0.717) is 12.2 Å². The lowest BCUT2D eigenvalue weighted by atomic mass is 9.85. The van der Waals surface area contributed by atoms with Crippen LogP contribution in [0.1, 0.15) is 132 Å². The van der Waals surface area contributed by atoms with Crippen LogP contribution in [0.15, 0.2) is 73.1 Å². The first-order chi connectivity index (χ1) is 22.2. The Hall–Kier alpha value is -3.67. The minimum atomic E-state index is -0.674. The standard InChI is InChI=1S/C40H57N2O4/c1-6-7-8-9-10-11-12-13-14-15-16-20-29-45-37-24-23-34(30-36(37)40(2,3)4)32-46-39(44)42(31-33-25-27-41(5)28-26-33)38(43)35-21-18-17-19-22-35/h17-19,21-28,30H,6-16,20,29,31-32H2,1-5H3/q+1. The Balaban J connectivity index is 1.52. The fourth-order valence-corrected chi connectivity index (χ4v) is 5.50. The summed E-state index contributed by atoms with van der Waals surface area (Å²) >= 11 is 0. The molecule has 0 aliphatic heterocycles. The summed E-state index contributed by atoms with van der Waals surface area (Å²) in [5, 5.41) is 0. The first-order valence-electron chi connectivity index (χ1n) is 17.4. The molecule has 2 aromatic carbocycles. The van der Waals surface area contributed by atoms with Crippen molar-refractivity contribution in [2.45, 2.75) is 123 Å². The van der Waals surface area contributed by atoms with Crippen LogP contribution in [0.3, 0.4) is 0 Å². The van der Waals surface area contributed by atoms with Crippen LogP contribution < -0.4 is 9.30 Å². The normalized spacial score (nSPS) is 11.3. The summed E-state index contributed by atoms with van der Waals surface area (Å²) in [6.07, 6.45) is 18.9. The lowest BCUT2D eigenvalue weighted by Crippen LogP contribution is -2.37. The van der Waals surface area contributed by atoms with Gasteiger partial charge in [-0.25, -0.2) is 14.3 Å². The Morgan fingerprint density at radius 3 is 1.91 bits per heavy atom. The van der Waals surface area contributed by atoms with E-state index < -0.39 is 12.0 Å². The lowest BCUT2D eigenvalue weighted by Gasteiger charge is -2.24. The van der Waals surface area contributed by atoms with E-state index in [-0.39, 0.29) is 18.6 Å². The van der Waals surface area contributed by atoms with Gasteiger partial charge in [0, 0.05) is 17.7 Å². The van der Waals surface area contributed by atoms with Crippen molar-refractivity contribution in [1.82, 2.24) is 4.90 Å². The number of amides is 2. The van der Waals surface area contributed by atoms with E-state index in [0.717, 1.165) is 28.9 Å². The molecule has 0 fully saturated rings. The number of aryl methyl sites for hydroxylation is 1. The zero-order valence-corrected chi connectivity index (χ0v) is 29.1. The van der Waals surface area contributed by atoms with Crippen molar-refractivity contribution in [2.75, 3.05) is 6.61 Å². The maximum atomic E-state index is 13.4. The second-order valence-electron chi connectivity index (χ2n) is 13.5. The summed E-state index contributed by atoms with van der Waals surface area (Å²) in [6, 6.07) is 18.6. The van der Waals surface area contributed by atoms with Gasteiger partial charge in [0.1, 0.15) is 19.4 Å². The summed E-state index contributed by atoms with van der Waals surface area (Å²) in [4.78, 5) is 27.9. The van der Waals surface area contributed by atoms with Crippen LogP contribution in [0.25, 0.3) is 0 Å². The number of aromatic nitrogens is 1. The van der Waals surface area contributed by atoms with Crippen molar-refractivity contribution >= 4 is 12.0 Å². The average Bonchev–Trinajstić information content (AvgIpc) is 3.05. The second-order valence-corrected chi connectivity index (χ2v) is 13.5. The molecular formula is C40H57N2O4+. The van der Waals surface area contributed by atoms with Crippen LogP contribution in [0.2, 0.25) is 0 Å². The monoisotopic (exact) mass is 629 g/mol. The zero-order chi connectivity index (χ0) is 33.2. The molecule has 0 bridgehead atoms. The number of imide groups is 1. The summed E-state index contributed by atoms with van der Waals surface area (Å²) in [7, 11) is 1.92. The van der Waals surface area contributed by atoms with Crippen LogP contribution in [-0.2, 0) is 30.4 Å². The summed E-state index contributed by atoms with van der Waals surface area (Å²) in [5.41, 5.74) is 3.06. The topological polar surface area (TPSA) is 59.7 Å². The van der Waals surface area contributed by atoms with Gasteiger partial charge in [-0.1, -0.05) is 123 Å². The molecule has 0 radical (unpaired) electrons. The minimum absolute atomic E-state index is 0.0588. The number of carbonyl (C=O) groups excluding carboxylic acids is 2. The van der Waals surface area contributed by atoms with Gasteiger partial charge >= 0.3 is 6.09 Å². The molecule has 0 N–H and O–H groups in total. The maximum Gasteiger partial charge on any atom is 0.417 e. The molecule has 0 saturated carbocycles. The third-order valence-electron chi connectivity index (χ3n) is 8.34. The molecule has 6 heteroatoms. The van der Waals surface area contributed by atoms with Crippen LogP contribution in [0.4, 0.5) is 4.79 Å². The largest absolute Gasteiger partial charge is 0.493 e. The van der Waals surface area contributed by atoms with Gasteiger partial charge < -0.3 is 9.47 Å². The van der Waals surface area contributed by atoms with Gasteiger partial charge in [0.25, 0.3) is 5.91 Å². The van der Waals surface area contributed by atoms with Crippen molar-refractivity contribution < 1.29 is 23.6 Å². The van der Waals surface area contributed by atoms with E-state index in [9.17, 15) is 9.59 Å². The third-order valence-corrected chi connectivity index (χ3v) is 8.34. The number of hydrogen-bond donors (Lipinski definition) is 0.